The van der Waals surface area contributed by atoms with Crippen LogP contribution in [0.4, 0.5) is 0 Å². The van der Waals surface area contributed by atoms with Gasteiger partial charge in [-0.3, -0.25) is 0 Å². The summed E-state index contributed by atoms with van der Waals surface area (Å²) in [6.45, 7) is 1.89. The Morgan fingerprint density at radius 3 is 2.92 bits per heavy atom. The zero-order valence-corrected chi connectivity index (χ0v) is 6.87. The van der Waals surface area contributed by atoms with Gasteiger partial charge in [-0.15, -0.1) is 0 Å². The number of nitriles is 1. The van der Waals surface area contributed by atoms with Gasteiger partial charge in [0, 0.05) is 5.56 Å². The average molecular weight is 162 g/mol. The minimum atomic E-state index is 0.508. The highest BCUT2D eigenvalue weighted by atomic mass is 16.3. The maximum atomic E-state index is 8.68. The van der Waals surface area contributed by atoms with Gasteiger partial charge < -0.3 is 10.2 Å². The van der Waals surface area contributed by atoms with Gasteiger partial charge in [-0.1, -0.05) is 6.92 Å². The third-order valence-corrected chi connectivity index (χ3v) is 1.65. The van der Waals surface area contributed by atoms with Crippen molar-refractivity contribution in [2.75, 3.05) is 0 Å². The number of hydrogen-bond acceptors (Lipinski definition) is 3. The normalized spacial score (nSPS) is 12.0. The molecule has 0 unspecified atom stereocenters. The molecule has 0 fully saturated rings. The molecule has 0 aromatic carbocycles. The Morgan fingerprint density at radius 2 is 2.50 bits per heavy atom. The van der Waals surface area contributed by atoms with E-state index in [-0.39, 0.29) is 0 Å². The maximum absolute atomic E-state index is 8.68. The fourth-order valence-corrected chi connectivity index (χ4v) is 0.922. The molecule has 1 heterocycles. The van der Waals surface area contributed by atoms with E-state index < -0.39 is 0 Å². The maximum Gasteiger partial charge on any atom is 0.0995 e. The number of nitrogens with zero attached hydrogens (tertiary/aromatic N) is 1. The summed E-state index contributed by atoms with van der Waals surface area (Å²) in [5.41, 5.74) is 7.58. The number of hydrogen-bond donors (Lipinski definition) is 1. The molecule has 2 N–H and O–H groups in total. The molecule has 0 bridgehead atoms. The van der Waals surface area contributed by atoms with Crippen molar-refractivity contribution in [2.45, 2.75) is 13.3 Å². The topological polar surface area (TPSA) is 63.0 Å². The van der Waals surface area contributed by atoms with Gasteiger partial charge in [0.2, 0.25) is 0 Å². The third-order valence-electron chi connectivity index (χ3n) is 1.65. The van der Waals surface area contributed by atoms with Crippen LogP contribution in [0, 0.1) is 11.3 Å². The van der Waals surface area contributed by atoms with E-state index in [1.807, 2.05) is 6.92 Å². The second-order valence-electron chi connectivity index (χ2n) is 2.37. The molecule has 0 saturated heterocycles. The van der Waals surface area contributed by atoms with Gasteiger partial charge in [0.1, 0.15) is 0 Å². The average Bonchev–Trinajstić information content (AvgIpc) is 2.58. The smallest absolute Gasteiger partial charge is 0.0995 e. The minimum Gasteiger partial charge on any atom is -0.472 e. The van der Waals surface area contributed by atoms with Crippen LogP contribution in [0.3, 0.4) is 0 Å². The molecule has 1 aromatic rings. The fourth-order valence-electron chi connectivity index (χ4n) is 0.922. The summed E-state index contributed by atoms with van der Waals surface area (Å²) in [5, 5.41) is 8.68. The lowest BCUT2D eigenvalue weighted by Gasteiger charge is -1.98. The van der Waals surface area contributed by atoms with E-state index in [4.69, 9.17) is 15.4 Å². The Morgan fingerprint density at radius 1 is 1.75 bits per heavy atom. The number of rotatable bonds is 2. The molecule has 0 saturated carbocycles. The molecule has 0 aliphatic heterocycles. The zero-order chi connectivity index (χ0) is 8.97. The first-order chi connectivity index (χ1) is 5.79. The second-order valence-corrected chi connectivity index (χ2v) is 2.37. The van der Waals surface area contributed by atoms with Crippen molar-refractivity contribution < 1.29 is 4.42 Å². The summed E-state index contributed by atoms with van der Waals surface area (Å²) in [4.78, 5) is 0. The SMILES string of the molecule is CC/C(C#N)=C(/N)c1ccoc1. The van der Waals surface area contributed by atoms with E-state index in [0.717, 1.165) is 5.56 Å². The predicted molar refractivity (Wildman–Crippen MR) is 45.7 cm³/mol. The molecule has 0 radical (unpaired) electrons. The molecular formula is C9H10N2O. The van der Waals surface area contributed by atoms with Crippen LogP contribution in [-0.2, 0) is 0 Å². The molecular weight excluding hydrogens is 152 g/mol. The van der Waals surface area contributed by atoms with E-state index in [9.17, 15) is 0 Å². The van der Waals surface area contributed by atoms with Gasteiger partial charge in [0.25, 0.3) is 0 Å². The summed E-state index contributed by atoms with van der Waals surface area (Å²) in [7, 11) is 0. The molecule has 1 aromatic heterocycles. The molecule has 0 aliphatic rings. The van der Waals surface area contributed by atoms with Crippen molar-refractivity contribution >= 4 is 5.70 Å². The molecule has 0 amide bonds. The Hall–Kier alpha value is -1.69. The van der Waals surface area contributed by atoms with Gasteiger partial charge in [-0.05, 0) is 12.5 Å². The monoisotopic (exact) mass is 162 g/mol. The van der Waals surface area contributed by atoms with Crippen molar-refractivity contribution in [3.05, 3.63) is 29.7 Å². The van der Waals surface area contributed by atoms with Crippen LogP contribution in [0.15, 0.2) is 28.6 Å². The van der Waals surface area contributed by atoms with Crippen molar-refractivity contribution in [3.8, 4) is 6.07 Å². The number of furan rings is 1. The van der Waals surface area contributed by atoms with Crippen LogP contribution in [0.1, 0.15) is 18.9 Å². The largest absolute Gasteiger partial charge is 0.472 e. The van der Waals surface area contributed by atoms with Crippen LogP contribution >= 0.6 is 0 Å². The quantitative estimate of drug-likeness (QED) is 0.675. The first kappa shape index (κ1) is 8.41. The van der Waals surface area contributed by atoms with E-state index in [2.05, 4.69) is 6.07 Å². The van der Waals surface area contributed by atoms with E-state index in [1.54, 1.807) is 6.07 Å². The highest BCUT2D eigenvalue weighted by Gasteiger charge is 2.03. The minimum absolute atomic E-state index is 0.508. The Bertz CT molecular complexity index is 317. The Kier molecular flexibility index (Phi) is 2.54. The highest BCUT2D eigenvalue weighted by Crippen LogP contribution is 2.15. The fraction of sp³-hybridized carbons (Fsp3) is 0.222. The molecule has 12 heavy (non-hydrogen) atoms. The number of allylic oxidation sites excluding steroid dienone is 1. The third kappa shape index (κ3) is 1.48. The molecule has 0 atom stereocenters. The lowest BCUT2D eigenvalue weighted by molar-refractivity contribution is 0.566. The lowest BCUT2D eigenvalue weighted by Crippen LogP contribution is -1.98. The van der Waals surface area contributed by atoms with E-state index >= 15 is 0 Å². The van der Waals surface area contributed by atoms with Crippen LogP contribution in [0.2, 0.25) is 0 Å². The first-order valence-corrected chi connectivity index (χ1v) is 3.71. The summed E-state index contributed by atoms with van der Waals surface area (Å²) in [6, 6.07) is 3.79. The van der Waals surface area contributed by atoms with Gasteiger partial charge >= 0.3 is 0 Å². The molecule has 62 valence electrons. The van der Waals surface area contributed by atoms with Crippen LogP contribution in [0.5, 0.6) is 0 Å². The highest BCUT2D eigenvalue weighted by molar-refractivity contribution is 5.68. The summed E-state index contributed by atoms with van der Waals surface area (Å²) >= 11 is 0. The summed E-state index contributed by atoms with van der Waals surface area (Å²) in [5.74, 6) is 0. The van der Waals surface area contributed by atoms with Gasteiger partial charge in [-0.25, -0.2) is 0 Å². The number of nitrogens with two attached hydrogens (primary N) is 1. The van der Waals surface area contributed by atoms with Gasteiger partial charge in [0.05, 0.1) is 29.9 Å². The van der Waals surface area contributed by atoms with Gasteiger partial charge in [0.15, 0.2) is 0 Å². The van der Waals surface area contributed by atoms with Crippen LogP contribution in [-0.4, -0.2) is 0 Å². The zero-order valence-electron chi connectivity index (χ0n) is 6.87. The van der Waals surface area contributed by atoms with Gasteiger partial charge in [-0.2, -0.15) is 5.26 Å². The Balaban J connectivity index is 3.05. The van der Waals surface area contributed by atoms with Crippen molar-refractivity contribution in [1.29, 1.82) is 5.26 Å². The van der Waals surface area contributed by atoms with Crippen LogP contribution < -0.4 is 5.73 Å². The predicted octanol–water partition coefficient (Wildman–Crippen LogP) is 1.88. The molecule has 3 nitrogen and oxygen atoms in total. The summed E-state index contributed by atoms with van der Waals surface area (Å²) < 4.78 is 4.85. The lowest BCUT2D eigenvalue weighted by atomic mass is 10.1. The molecule has 1 rings (SSSR count). The summed E-state index contributed by atoms with van der Waals surface area (Å²) in [6.07, 6.45) is 3.71. The van der Waals surface area contributed by atoms with Crippen LogP contribution in [0.25, 0.3) is 5.70 Å². The van der Waals surface area contributed by atoms with Crippen molar-refractivity contribution in [1.82, 2.24) is 0 Å². The van der Waals surface area contributed by atoms with Crippen molar-refractivity contribution in [2.24, 2.45) is 5.73 Å². The first-order valence-electron chi connectivity index (χ1n) is 3.71. The Labute approximate surface area is 71.1 Å². The molecule has 0 spiro atoms. The van der Waals surface area contributed by atoms with Crippen molar-refractivity contribution in [3.63, 3.8) is 0 Å². The standard InChI is InChI=1S/C9H10N2O/c1-2-7(5-10)9(11)8-3-4-12-6-8/h3-4,6H,2,11H2,1H3/b9-7-. The second kappa shape index (κ2) is 3.63. The van der Waals surface area contributed by atoms with E-state index in [0.29, 0.717) is 17.7 Å². The van der Waals surface area contributed by atoms with E-state index in [1.165, 1.54) is 12.5 Å². The molecule has 0 aliphatic carbocycles. The molecule has 3 heteroatoms.